The standard InChI is InChI=1S/C16H19F3N2O3S/c17-16(18,19)13(22)10-25-8-4-7-12(15(20)24)21-14(23)9-11-5-2-1-3-6-11/h1-3,5-6,12H,4,7-10H2,(H2,20,24)(H,21,23)/t12-/m0/s1. The Hall–Kier alpha value is -2.03. The van der Waals surface area contributed by atoms with Crippen LogP contribution in [-0.4, -0.2) is 41.3 Å². The molecule has 3 N–H and O–H groups in total. The van der Waals surface area contributed by atoms with Gasteiger partial charge in [0.1, 0.15) is 6.04 Å². The molecule has 0 fully saturated rings. The molecule has 138 valence electrons. The molecule has 0 unspecified atom stereocenters. The lowest BCUT2D eigenvalue weighted by Crippen LogP contribution is -2.45. The second-order valence-electron chi connectivity index (χ2n) is 5.30. The van der Waals surface area contributed by atoms with Crippen molar-refractivity contribution in [1.29, 1.82) is 0 Å². The Morgan fingerprint density at radius 1 is 1.16 bits per heavy atom. The van der Waals surface area contributed by atoms with Crippen LogP contribution in [0.1, 0.15) is 18.4 Å². The van der Waals surface area contributed by atoms with E-state index in [1.165, 1.54) is 0 Å². The largest absolute Gasteiger partial charge is 0.450 e. The first-order chi connectivity index (χ1) is 11.7. The lowest BCUT2D eigenvalue weighted by molar-refractivity contribution is -0.167. The highest BCUT2D eigenvalue weighted by Gasteiger charge is 2.37. The fourth-order valence-electron chi connectivity index (χ4n) is 1.95. The number of primary amides is 1. The van der Waals surface area contributed by atoms with Crippen LogP contribution in [-0.2, 0) is 20.8 Å². The summed E-state index contributed by atoms with van der Waals surface area (Å²) in [4.78, 5) is 34.0. The maximum absolute atomic E-state index is 12.0. The third kappa shape index (κ3) is 8.57. The number of thioether (sulfide) groups is 1. The third-order valence-corrected chi connectivity index (χ3v) is 4.26. The number of halogens is 3. The predicted octanol–water partition coefficient (Wildman–Crippen LogP) is 1.84. The summed E-state index contributed by atoms with van der Waals surface area (Å²) in [6.07, 6.45) is -4.19. The zero-order valence-electron chi connectivity index (χ0n) is 13.3. The molecule has 0 saturated carbocycles. The fraction of sp³-hybridized carbons (Fsp3) is 0.438. The number of hydrogen-bond acceptors (Lipinski definition) is 4. The Kier molecular flexibility index (Phi) is 8.47. The first kappa shape index (κ1) is 21.0. The van der Waals surface area contributed by atoms with E-state index in [1.54, 1.807) is 24.3 Å². The van der Waals surface area contributed by atoms with Crippen LogP contribution in [0, 0.1) is 0 Å². The van der Waals surface area contributed by atoms with E-state index in [9.17, 15) is 27.6 Å². The van der Waals surface area contributed by atoms with Crippen molar-refractivity contribution in [3.8, 4) is 0 Å². The quantitative estimate of drug-likeness (QED) is 0.610. The van der Waals surface area contributed by atoms with E-state index in [-0.39, 0.29) is 24.5 Å². The summed E-state index contributed by atoms with van der Waals surface area (Å²) < 4.78 is 36.1. The molecule has 1 aromatic carbocycles. The lowest BCUT2D eigenvalue weighted by atomic mass is 10.1. The number of carbonyl (C=O) groups is 3. The highest BCUT2D eigenvalue weighted by Crippen LogP contribution is 2.19. The summed E-state index contributed by atoms with van der Waals surface area (Å²) >= 11 is 0.829. The topological polar surface area (TPSA) is 89.3 Å². The van der Waals surface area contributed by atoms with Gasteiger partial charge in [-0.1, -0.05) is 30.3 Å². The molecule has 0 heterocycles. The van der Waals surface area contributed by atoms with Gasteiger partial charge in [-0.05, 0) is 24.2 Å². The fourth-order valence-corrected chi connectivity index (χ4v) is 2.81. The van der Waals surface area contributed by atoms with Crippen LogP contribution in [0.25, 0.3) is 0 Å². The van der Waals surface area contributed by atoms with Gasteiger partial charge in [0, 0.05) is 0 Å². The molecule has 0 spiro atoms. The van der Waals surface area contributed by atoms with Gasteiger partial charge >= 0.3 is 6.18 Å². The molecule has 1 atom stereocenters. The molecule has 0 saturated heterocycles. The Bertz CT molecular complexity index is 594. The third-order valence-electron chi connectivity index (χ3n) is 3.22. The van der Waals surface area contributed by atoms with Crippen molar-refractivity contribution in [2.75, 3.05) is 11.5 Å². The minimum Gasteiger partial charge on any atom is -0.368 e. The van der Waals surface area contributed by atoms with Gasteiger partial charge in [-0.25, -0.2) is 0 Å². The molecule has 5 nitrogen and oxygen atoms in total. The number of benzene rings is 1. The second-order valence-corrected chi connectivity index (χ2v) is 6.41. The van der Waals surface area contributed by atoms with Crippen LogP contribution in [0.5, 0.6) is 0 Å². The second kappa shape index (κ2) is 10.1. The van der Waals surface area contributed by atoms with Crippen molar-refractivity contribution in [3.05, 3.63) is 35.9 Å². The minimum atomic E-state index is -4.83. The molecule has 1 rings (SSSR count). The van der Waals surface area contributed by atoms with Gasteiger partial charge in [0.05, 0.1) is 12.2 Å². The predicted molar refractivity (Wildman–Crippen MR) is 88.9 cm³/mol. The van der Waals surface area contributed by atoms with Crippen LogP contribution in [0.4, 0.5) is 13.2 Å². The molecule has 0 aromatic heterocycles. The van der Waals surface area contributed by atoms with E-state index in [0.29, 0.717) is 6.42 Å². The van der Waals surface area contributed by atoms with Crippen molar-refractivity contribution in [1.82, 2.24) is 5.32 Å². The van der Waals surface area contributed by atoms with Gasteiger partial charge in [-0.15, -0.1) is 0 Å². The molecule has 0 aliphatic rings. The summed E-state index contributed by atoms with van der Waals surface area (Å²) in [6.45, 7) is 0. The lowest BCUT2D eigenvalue weighted by Gasteiger charge is -2.15. The zero-order valence-corrected chi connectivity index (χ0v) is 14.2. The van der Waals surface area contributed by atoms with Crippen LogP contribution in [0.3, 0.4) is 0 Å². The van der Waals surface area contributed by atoms with Gasteiger partial charge in [0.15, 0.2) is 0 Å². The Morgan fingerprint density at radius 3 is 2.36 bits per heavy atom. The monoisotopic (exact) mass is 376 g/mol. The van der Waals surface area contributed by atoms with E-state index in [1.807, 2.05) is 6.07 Å². The van der Waals surface area contributed by atoms with Gasteiger partial charge in [0.25, 0.3) is 0 Å². The first-order valence-electron chi connectivity index (χ1n) is 7.50. The van der Waals surface area contributed by atoms with Crippen LogP contribution in [0.2, 0.25) is 0 Å². The summed E-state index contributed by atoms with van der Waals surface area (Å²) in [5, 5.41) is 2.52. The summed E-state index contributed by atoms with van der Waals surface area (Å²) in [5.74, 6) is -3.28. The number of rotatable bonds is 10. The minimum absolute atomic E-state index is 0.0967. The van der Waals surface area contributed by atoms with Gasteiger partial charge in [-0.3, -0.25) is 14.4 Å². The van der Waals surface area contributed by atoms with E-state index in [2.05, 4.69) is 5.32 Å². The Balaban J connectivity index is 2.33. The van der Waals surface area contributed by atoms with Crippen molar-refractivity contribution in [2.24, 2.45) is 5.73 Å². The molecule has 25 heavy (non-hydrogen) atoms. The summed E-state index contributed by atoms with van der Waals surface area (Å²) in [5.41, 5.74) is 6.02. The molecule has 9 heteroatoms. The van der Waals surface area contributed by atoms with Crippen molar-refractivity contribution < 1.29 is 27.6 Å². The normalized spacial score (nSPS) is 12.4. The SMILES string of the molecule is NC(=O)[C@H](CCCSCC(=O)C(F)(F)F)NC(=O)Cc1ccccc1. The van der Waals surface area contributed by atoms with Gasteiger partial charge < -0.3 is 11.1 Å². The maximum atomic E-state index is 12.0. The number of nitrogens with one attached hydrogen (secondary N) is 1. The first-order valence-corrected chi connectivity index (χ1v) is 8.66. The van der Waals surface area contributed by atoms with E-state index in [4.69, 9.17) is 5.73 Å². The van der Waals surface area contributed by atoms with Crippen LogP contribution >= 0.6 is 11.8 Å². The van der Waals surface area contributed by atoms with Gasteiger partial charge in [0.2, 0.25) is 17.6 Å². The zero-order chi connectivity index (χ0) is 18.9. The molecule has 1 aromatic rings. The molecule has 0 radical (unpaired) electrons. The molecular weight excluding hydrogens is 357 g/mol. The number of hydrogen-bond donors (Lipinski definition) is 2. The van der Waals surface area contributed by atoms with Crippen molar-refractivity contribution in [2.45, 2.75) is 31.5 Å². The number of nitrogens with two attached hydrogens (primary N) is 1. The number of alkyl halides is 3. The molecule has 0 aliphatic carbocycles. The molecule has 2 amide bonds. The highest BCUT2D eigenvalue weighted by molar-refractivity contribution is 7.99. The smallest absolute Gasteiger partial charge is 0.368 e. The maximum Gasteiger partial charge on any atom is 0.450 e. The molecular formula is C16H19F3N2O3S. The Morgan fingerprint density at radius 2 is 1.80 bits per heavy atom. The van der Waals surface area contributed by atoms with Crippen LogP contribution < -0.4 is 11.1 Å². The highest BCUT2D eigenvalue weighted by atomic mass is 32.2. The number of amides is 2. The average molecular weight is 376 g/mol. The number of ketones is 1. The number of Topliss-reactive ketones (excluding diaryl/α,β-unsaturated/α-hetero) is 1. The van der Waals surface area contributed by atoms with Crippen molar-refractivity contribution >= 4 is 29.4 Å². The summed E-state index contributed by atoms with van der Waals surface area (Å²) in [6, 6.07) is 8.03. The van der Waals surface area contributed by atoms with Crippen molar-refractivity contribution in [3.63, 3.8) is 0 Å². The van der Waals surface area contributed by atoms with E-state index < -0.39 is 29.7 Å². The average Bonchev–Trinajstić information content (AvgIpc) is 2.53. The van der Waals surface area contributed by atoms with E-state index >= 15 is 0 Å². The van der Waals surface area contributed by atoms with Gasteiger partial charge in [-0.2, -0.15) is 24.9 Å². The Labute approximate surface area is 147 Å². The molecule has 0 bridgehead atoms. The number of carbonyl (C=O) groups excluding carboxylic acids is 3. The van der Waals surface area contributed by atoms with Crippen LogP contribution in [0.15, 0.2) is 30.3 Å². The van der Waals surface area contributed by atoms with E-state index in [0.717, 1.165) is 17.3 Å². The summed E-state index contributed by atoms with van der Waals surface area (Å²) in [7, 11) is 0. The molecule has 0 aliphatic heterocycles.